The van der Waals surface area contributed by atoms with E-state index in [9.17, 15) is 4.79 Å². The third-order valence-electron chi connectivity index (χ3n) is 4.45. The lowest BCUT2D eigenvalue weighted by Crippen LogP contribution is -2.24. The van der Waals surface area contributed by atoms with Gasteiger partial charge in [-0.1, -0.05) is 6.07 Å². The number of aromatic nitrogens is 3. The van der Waals surface area contributed by atoms with E-state index in [-0.39, 0.29) is 5.91 Å². The molecule has 1 aliphatic rings. The Morgan fingerprint density at radius 2 is 2.29 bits per heavy atom. The number of hydrogen-bond acceptors (Lipinski definition) is 4. The molecule has 1 aliphatic heterocycles. The molecule has 6 heteroatoms. The van der Waals surface area contributed by atoms with Gasteiger partial charge < -0.3 is 5.32 Å². The number of aryl methyl sites for hydroxylation is 1. The highest BCUT2D eigenvalue weighted by Gasteiger charge is 2.27. The predicted octanol–water partition coefficient (Wildman–Crippen LogP) is 2.27. The minimum atomic E-state index is -0.0300. The van der Waals surface area contributed by atoms with Crippen molar-refractivity contribution >= 4 is 5.91 Å². The minimum absolute atomic E-state index is 0.0300. The number of likely N-dealkylation sites (tertiary alicyclic amines) is 1. The quantitative estimate of drug-likeness (QED) is 0.884. The second-order valence-electron chi connectivity index (χ2n) is 6.30. The van der Waals surface area contributed by atoms with Gasteiger partial charge in [-0.2, -0.15) is 5.10 Å². The highest BCUT2D eigenvalue weighted by atomic mass is 16.1. The summed E-state index contributed by atoms with van der Waals surface area (Å²) >= 11 is 0. The van der Waals surface area contributed by atoms with Gasteiger partial charge in [0, 0.05) is 31.8 Å². The van der Waals surface area contributed by atoms with E-state index in [1.807, 2.05) is 23.0 Å². The van der Waals surface area contributed by atoms with Crippen molar-refractivity contribution in [3.63, 3.8) is 0 Å². The Labute approximate surface area is 142 Å². The minimum Gasteiger partial charge on any atom is -0.351 e. The van der Waals surface area contributed by atoms with Crippen molar-refractivity contribution in [2.45, 2.75) is 52.4 Å². The Kier molecular flexibility index (Phi) is 5.25. The third kappa shape index (κ3) is 4.00. The van der Waals surface area contributed by atoms with Gasteiger partial charge in [0.05, 0.1) is 30.2 Å². The Hall–Kier alpha value is -2.21. The summed E-state index contributed by atoms with van der Waals surface area (Å²) in [6.07, 6.45) is 6.39. The molecule has 1 saturated heterocycles. The summed E-state index contributed by atoms with van der Waals surface area (Å²) in [4.78, 5) is 18.3. The first-order chi connectivity index (χ1) is 11.7. The van der Waals surface area contributed by atoms with Crippen molar-refractivity contribution in [1.29, 1.82) is 0 Å². The maximum atomic E-state index is 11.1. The zero-order chi connectivity index (χ0) is 16.9. The van der Waals surface area contributed by atoms with Gasteiger partial charge in [-0.15, -0.1) is 0 Å². The van der Waals surface area contributed by atoms with Crippen molar-refractivity contribution in [1.82, 2.24) is 25.0 Å². The van der Waals surface area contributed by atoms with Crippen molar-refractivity contribution < 1.29 is 4.79 Å². The summed E-state index contributed by atoms with van der Waals surface area (Å²) in [7, 11) is 0. The largest absolute Gasteiger partial charge is 0.351 e. The maximum Gasteiger partial charge on any atom is 0.217 e. The van der Waals surface area contributed by atoms with Gasteiger partial charge in [0.2, 0.25) is 5.91 Å². The summed E-state index contributed by atoms with van der Waals surface area (Å²) in [5, 5.41) is 7.18. The van der Waals surface area contributed by atoms with Gasteiger partial charge in [-0.25, -0.2) is 0 Å². The Bertz CT molecular complexity index is 696. The highest BCUT2D eigenvalue weighted by Crippen LogP contribution is 2.32. The van der Waals surface area contributed by atoms with Crippen LogP contribution in [0.15, 0.2) is 30.6 Å². The van der Waals surface area contributed by atoms with E-state index < -0.39 is 0 Å². The lowest BCUT2D eigenvalue weighted by atomic mass is 10.1. The molecule has 1 fully saturated rings. The SMILES string of the molecule is CCn1cc(CN2CCCC2c2cccc(CNC(C)=O)n2)cn1. The molecule has 0 aliphatic carbocycles. The molecule has 0 aromatic carbocycles. The molecule has 24 heavy (non-hydrogen) atoms. The van der Waals surface area contributed by atoms with Gasteiger partial charge in [0.15, 0.2) is 0 Å². The summed E-state index contributed by atoms with van der Waals surface area (Å²) in [6, 6.07) is 6.43. The molecule has 1 atom stereocenters. The highest BCUT2D eigenvalue weighted by molar-refractivity contribution is 5.72. The zero-order valence-electron chi connectivity index (χ0n) is 14.4. The number of pyridine rings is 1. The molecule has 1 amide bonds. The van der Waals surface area contributed by atoms with E-state index in [0.29, 0.717) is 12.6 Å². The Morgan fingerprint density at radius 1 is 1.42 bits per heavy atom. The molecule has 2 aromatic rings. The van der Waals surface area contributed by atoms with Crippen LogP contribution in [0.25, 0.3) is 0 Å². The van der Waals surface area contributed by atoms with Crippen LogP contribution in [0.3, 0.4) is 0 Å². The number of carbonyl (C=O) groups excluding carboxylic acids is 1. The second-order valence-corrected chi connectivity index (χ2v) is 6.30. The summed E-state index contributed by atoms with van der Waals surface area (Å²) in [6.45, 7) is 7.00. The number of amides is 1. The second kappa shape index (κ2) is 7.57. The summed E-state index contributed by atoms with van der Waals surface area (Å²) in [5.41, 5.74) is 3.25. The molecular weight excluding hydrogens is 302 g/mol. The van der Waals surface area contributed by atoms with Gasteiger partial charge in [-0.05, 0) is 38.4 Å². The van der Waals surface area contributed by atoms with Gasteiger partial charge in [-0.3, -0.25) is 19.4 Å². The van der Waals surface area contributed by atoms with Crippen LogP contribution >= 0.6 is 0 Å². The zero-order valence-corrected chi connectivity index (χ0v) is 14.4. The smallest absolute Gasteiger partial charge is 0.217 e. The fourth-order valence-electron chi connectivity index (χ4n) is 3.24. The molecule has 2 aromatic heterocycles. The van der Waals surface area contributed by atoms with Gasteiger partial charge in [0.25, 0.3) is 0 Å². The maximum absolute atomic E-state index is 11.1. The van der Waals surface area contributed by atoms with E-state index in [0.717, 1.165) is 37.4 Å². The Balaban J connectivity index is 1.70. The Morgan fingerprint density at radius 3 is 3.04 bits per heavy atom. The van der Waals surface area contributed by atoms with Crippen LogP contribution < -0.4 is 5.32 Å². The van der Waals surface area contributed by atoms with Crippen molar-refractivity contribution in [2.75, 3.05) is 6.54 Å². The van der Waals surface area contributed by atoms with E-state index in [2.05, 4.69) is 34.5 Å². The molecule has 0 saturated carbocycles. The van der Waals surface area contributed by atoms with E-state index >= 15 is 0 Å². The van der Waals surface area contributed by atoms with Gasteiger partial charge in [0.1, 0.15) is 0 Å². The molecular formula is C18H25N5O. The average Bonchev–Trinajstić information content (AvgIpc) is 3.23. The van der Waals surface area contributed by atoms with E-state index in [1.54, 1.807) is 0 Å². The normalized spacial score (nSPS) is 18.0. The van der Waals surface area contributed by atoms with Crippen molar-refractivity contribution in [3.05, 3.63) is 47.5 Å². The van der Waals surface area contributed by atoms with Crippen LogP contribution in [0.5, 0.6) is 0 Å². The first-order valence-corrected chi connectivity index (χ1v) is 8.61. The molecule has 3 heterocycles. The first-order valence-electron chi connectivity index (χ1n) is 8.61. The standard InChI is InChI=1S/C18H25N5O/c1-3-23-13-15(10-20-23)12-22-9-5-8-18(22)17-7-4-6-16(21-17)11-19-14(2)24/h4,6-7,10,13,18H,3,5,8-9,11-12H2,1-2H3,(H,19,24). The third-order valence-corrected chi connectivity index (χ3v) is 4.45. The number of nitrogens with zero attached hydrogens (tertiary/aromatic N) is 4. The lowest BCUT2D eigenvalue weighted by molar-refractivity contribution is -0.119. The number of carbonyl (C=O) groups is 1. The molecule has 6 nitrogen and oxygen atoms in total. The van der Waals surface area contributed by atoms with Crippen molar-refractivity contribution in [3.8, 4) is 0 Å². The van der Waals surface area contributed by atoms with Crippen LogP contribution in [-0.2, 0) is 24.4 Å². The van der Waals surface area contributed by atoms with Gasteiger partial charge >= 0.3 is 0 Å². The van der Waals surface area contributed by atoms with Crippen LogP contribution in [0.1, 0.15) is 49.7 Å². The van der Waals surface area contributed by atoms with E-state index in [4.69, 9.17) is 4.98 Å². The first kappa shape index (κ1) is 16.6. The molecule has 0 radical (unpaired) electrons. The number of nitrogens with one attached hydrogen (secondary N) is 1. The number of hydrogen-bond donors (Lipinski definition) is 1. The number of rotatable bonds is 6. The van der Waals surface area contributed by atoms with E-state index in [1.165, 1.54) is 18.9 Å². The monoisotopic (exact) mass is 327 g/mol. The molecule has 1 N–H and O–H groups in total. The molecule has 3 rings (SSSR count). The van der Waals surface area contributed by atoms with Crippen molar-refractivity contribution in [2.24, 2.45) is 0 Å². The topological polar surface area (TPSA) is 63.0 Å². The molecule has 0 bridgehead atoms. The van der Waals surface area contributed by atoms with Crippen LogP contribution in [-0.4, -0.2) is 32.1 Å². The summed E-state index contributed by atoms with van der Waals surface area (Å²) in [5.74, 6) is -0.0300. The van der Waals surface area contributed by atoms with Crippen LogP contribution in [0, 0.1) is 0 Å². The molecule has 0 spiro atoms. The fourth-order valence-corrected chi connectivity index (χ4v) is 3.24. The summed E-state index contributed by atoms with van der Waals surface area (Å²) < 4.78 is 1.96. The fraction of sp³-hybridized carbons (Fsp3) is 0.500. The average molecular weight is 327 g/mol. The van der Waals surface area contributed by atoms with Crippen LogP contribution in [0.4, 0.5) is 0 Å². The van der Waals surface area contributed by atoms with Crippen LogP contribution in [0.2, 0.25) is 0 Å². The predicted molar refractivity (Wildman–Crippen MR) is 92.0 cm³/mol. The molecule has 128 valence electrons. The lowest BCUT2D eigenvalue weighted by Gasteiger charge is -2.23. The molecule has 1 unspecified atom stereocenters.